The lowest BCUT2D eigenvalue weighted by Gasteiger charge is -2.36. The average Bonchev–Trinajstić information content (AvgIpc) is 3.20. The maximum Gasteiger partial charge on any atom is 0.407 e. The summed E-state index contributed by atoms with van der Waals surface area (Å²) in [5.74, 6) is 0.920. The van der Waals surface area contributed by atoms with Gasteiger partial charge in [0.15, 0.2) is 0 Å². The van der Waals surface area contributed by atoms with E-state index in [9.17, 15) is 14.4 Å². The third kappa shape index (κ3) is 6.51. The van der Waals surface area contributed by atoms with Crippen LogP contribution in [-0.4, -0.2) is 71.6 Å². The normalized spacial score (nSPS) is 25.5. The topological polar surface area (TPSA) is 114 Å². The molecule has 0 aromatic heterocycles. The lowest BCUT2D eigenvalue weighted by molar-refractivity contribution is -0.140. The average molecular weight is 443 g/mol. The number of thioether (sulfide) groups is 1. The third-order valence-corrected chi connectivity index (χ3v) is 7.47. The van der Waals surface area contributed by atoms with Gasteiger partial charge in [-0.2, -0.15) is 11.8 Å². The van der Waals surface area contributed by atoms with Crippen LogP contribution in [0.5, 0.6) is 0 Å². The molecule has 0 bridgehead atoms. The fourth-order valence-corrected chi connectivity index (χ4v) is 5.46. The zero-order valence-electron chi connectivity index (χ0n) is 18.7. The molecule has 3 amide bonds. The monoisotopic (exact) mass is 442 g/mol. The van der Waals surface area contributed by atoms with Crippen molar-refractivity contribution in [1.29, 1.82) is 0 Å². The van der Waals surface area contributed by atoms with Crippen LogP contribution in [0.1, 0.15) is 59.3 Å². The lowest BCUT2D eigenvalue weighted by Crippen LogP contribution is -2.59. The van der Waals surface area contributed by atoms with Crippen molar-refractivity contribution in [2.24, 2.45) is 11.7 Å². The number of carbonyl (C=O) groups excluding carboxylic acids is 3. The minimum absolute atomic E-state index is 0.103. The van der Waals surface area contributed by atoms with Gasteiger partial charge in [-0.1, -0.05) is 6.92 Å². The van der Waals surface area contributed by atoms with Crippen LogP contribution in [0.15, 0.2) is 0 Å². The molecule has 1 aliphatic heterocycles. The molecule has 1 aliphatic carbocycles. The molecule has 30 heavy (non-hydrogen) atoms. The first-order valence-corrected chi connectivity index (χ1v) is 12.0. The number of rotatable bonds is 8. The van der Waals surface area contributed by atoms with Gasteiger partial charge in [-0.05, 0) is 64.0 Å². The highest BCUT2D eigenvalue weighted by Gasteiger charge is 2.44. The van der Waals surface area contributed by atoms with Gasteiger partial charge >= 0.3 is 6.09 Å². The molecule has 2 atom stereocenters. The fraction of sp³-hybridized carbons (Fsp3) is 0.857. The molecule has 1 saturated heterocycles. The van der Waals surface area contributed by atoms with Crippen molar-refractivity contribution in [3.05, 3.63) is 0 Å². The van der Waals surface area contributed by atoms with Gasteiger partial charge in [0.2, 0.25) is 11.8 Å². The first-order valence-electron chi connectivity index (χ1n) is 11.0. The van der Waals surface area contributed by atoms with E-state index in [1.165, 1.54) is 7.11 Å². The fourth-order valence-electron chi connectivity index (χ4n) is 4.39. The smallest absolute Gasteiger partial charge is 0.407 e. The molecule has 172 valence electrons. The summed E-state index contributed by atoms with van der Waals surface area (Å²) in [4.78, 5) is 39.9. The lowest BCUT2D eigenvalue weighted by atomic mass is 9.86. The van der Waals surface area contributed by atoms with Gasteiger partial charge in [0, 0.05) is 23.9 Å². The standard InChI is InChI=1S/C21H38N4O4S/c1-5-30-21(2,3)17(24-20(28)29-4)19(27)25-12-6-7-16(25)18(26)23-13-14-8-10-15(22)11-9-14/h14-17H,5-13,22H2,1-4H3,(H,23,26)(H,24,28)/t14-,15-,16-,17-/m0/s1. The van der Waals surface area contributed by atoms with E-state index in [-0.39, 0.29) is 17.9 Å². The van der Waals surface area contributed by atoms with Crippen LogP contribution in [0.2, 0.25) is 0 Å². The molecule has 4 N–H and O–H groups in total. The Bertz CT molecular complexity index is 608. The molecule has 2 aliphatic rings. The second-order valence-corrected chi connectivity index (χ2v) is 10.7. The van der Waals surface area contributed by atoms with Gasteiger partial charge in [-0.15, -0.1) is 0 Å². The molecule has 0 radical (unpaired) electrons. The number of methoxy groups -OCH3 is 1. The zero-order chi connectivity index (χ0) is 22.3. The maximum atomic E-state index is 13.4. The van der Waals surface area contributed by atoms with Crippen LogP contribution in [0, 0.1) is 5.92 Å². The Kier molecular flexibility index (Phi) is 9.28. The number of nitrogens with two attached hydrogens (primary N) is 1. The number of carbonyl (C=O) groups is 3. The summed E-state index contributed by atoms with van der Waals surface area (Å²) >= 11 is 1.59. The Hall–Kier alpha value is -1.48. The molecule has 0 aromatic carbocycles. The predicted octanol–water partition coefficient (Wildman–Crippen LogP) is 1.87. The number of hydrogen-bond donors (Lipinski definition) is 3. The van der Waals surface area contributed by atoms with Crippen LogP contribution in [0.4, 0.5) is 4.79 Å². The van der Waals surface area contributed by atoms with E-state index >= 15 is 0 Å². The van der Waals surface area contributed by atoms with Crippen molar-refractivity contribution in [3.8, 4) is 0 Å². The number of amides is 3. The molecular formula is C21H38N4O4S. The molecule has 2 rings (SSSR count). The van der Waals surface area contributed by atoms with Crippen LogP contribution >= 0.6 is 11.8 Å². The maximum absolute atomic E-state index is 13.4. The van der Waals surface area contributed by atoms with Gasteiger partial charge < -0.3 is 26.0 Å². The van der Waals surface area contributed by atoms with Crippen molar-refractivity contribution in [3.63, 3.8) is 0 Å². The number of hydrogen-bond acceptors (Lipinski definition) is 6. The third-order valence-electron chi connectivity index (χ3n) is 6.20. The van der Waals surface area contributed by atoms with Crippen molar-refractivity contribution < 1.29 is 19.1 Å². The quantitative estimate of drug-likeness (QED) is 0.529. The van der Waals surface area contributed by atoms with Crippen LogP contribution in [-0.2, 0) is 14.3 Å². The highest BCUT2D eigenvalue weighted by Crippen LogP contribution is 2.31. The first-order chi connectivity index (χ1) is 14.2. The molecule has 8 nitrogen and oxygen atoms in total. The Balaban J connectivity index is 2.03. The molecule has 2 fully saturated rings. The zero-order valence-corrected chi connectivity index (χ0v) is 19.6. The molecule has 1 heterocycles. The van der Waals surface area contributed by atoms with E-state index < -0.39 is 22.9 Å². The van der Waals surface area contributed by atoms with Crippen molar-refractivity contribution in [2.45, 2.75) is 82.2 Å². The molecular weight excluding hydrogens is 404 g/mol. The van der Waals surface area contributed by atoms with E-state index in [1.54, 1.807) is 16.7 Å². The van der Waals surface area contributed by atoms with E-state index in [1.807, 2.05) is 20.8 Å². The number of nitrogens with one attached hydrogen (secondary N) is 2. The second-order valence-electron chi connectivity index (χ2n) is 8.82. The number of ether oxygens (including phenoxy) is 1. The Morgan fingerprint density at radius 2 is 1.87 bits per heavy atom. The van der Waals surface area contributed by atoms with Gasteiger partial charge in [-0.3, -0.25) is 9.59 Å². The number of alkyl carbamates (subject to hydrolysis) is 1. The predicted molar refractivity (Wildman–Crippen MR) is 119 cm³/mol. The molecule has 1 saturated carbocycles. The Labute approximate surface area is 184 Å². The minimum atomic E-state index is -0.775. The molecule has 9 heteroatoms. The number of nitrogens with zero attached hydrogens (tertiary/aromatic N) is 1. The largest absolute Gasteiger partial charge is 0.453 e. The Morgan fingerprint density at radius 3 is 2.47 bits per heavy atom. The molecule has 0 unspecified atom stereocenters. The van der Waals surface area contributed by atoms with Crippen molar-refractivity contribution in [1.82, 2.24) is 15.5 Å². The highest BCUT2D eigenvalue weighted by atomic mass is 32.2. The summed E-state index contributed by atoms with van der Waals surface area (Å²) in [6, 6.07) is -0.987. The van der Waals surface area contributed by atoms with Gasteiger partial charge in [0.25, 0.3) is 0 Å². The van der Waals surface area contributed by atoms with Crippen LogP contribution < -0.4 is 16.4 Å². The second kappa shape index (κ2) is 11.2. The van der Waals surface area contributed by atoms with Crippen LogP contribution in [0.25, 0.3) is 0 Å². The first kappa shape index (κ1) is 24.8. The van der Waals surface area contributed by atoms with E-state index in [0.717, 1.165) is 37.9 Å². The van der Waals surface area contributed by atoms with E-state index in [2.05, 4.69) is 10.6 Å². The summed E-state index contributed by atoms with van der Waals surface area (Å²) in [5, 5.41) is 5.76. The summed E-state index contributed by atoms with van der Waals surface area (Å²) < 4.78 is 4.20. The summed E-state index contributed by atoms with van der Waals surface area (Å²) in [6.45, 7) is 7.01. The summed E-state index contributed by atoms with van der Waals surface area (Å²) in [6.07, 6.45) is 4.83. The van der Waals surface area contributed by atoms with Crippen molar-refractivity contribution in [2.75, 3.05) is 26.0 Å². The van der Waals surface area contributed by atoms with Crippen LogP contribution in [0.3, 0.4) is 0 Å². The van der Waals surface area contributed by atoms with E-state index in [0.29, 0.717) is 25.4 Å². The summed E-state index contributed by atoms with van der Waals surface area (Å²) in [7, 11) is 1.28. The molecule has 0 aromatic rings. The van der Waals surface area contributed by atoms with Gasteiger partial charge in [0.1, 0.15) is 12.1 Å². The van der Waals surface area contributed by atoms with Crippen molar-refractivity contribution >= 4 is 29.7 Å². The highest BCUT2D eigenvalue weighted by molar-refractivity contribution is 8.00. The van der Waals surface area contributed by atoms with Gasteiger partial charge in [0.05, 0.1) is 7.11 Å². The number of likely N-dealkylation sites (tertiary alicyclic amines) is 1. The SMILES string of the molecule is CCSC(C)(C)[C@@H](NC(=O)OC)C(=O)N1CCC[C@H]1C(=O)NC[C@H]1CC[C@H](N)CC1. The van der Waals surface area contributed by atoms with Gasteiger partial charge in [-0.25, -0.2) is 4.79 Å². The minimum Gasteiger partial charge on any atom is -0.453 e. The van der Waals surface area contributed by atoms with E-state index in [4.69, 9.17) is 10.5 Å². The molecule has 0 spiro atoms. The summed E-state index contributed by atoms with van der Waals surface area (Å²) in [5.41, 5.74) is 5.96. The Morgan fingerprint density at radius 1 is 1.20 bits per heavy atom.